The molecule has 2 unspecified atom stereocenters. The fourth-order valence-corrected chi connectivity index (χ4v) is 2.80. The Labute approximate surface area is 104 Å². The molecule has 1 aliphatic carbocycles. The standard InChI is InChI=1S/C11H19NO4S/c1-8(11(14)16-3)6-17(15)7-10(13)12(2)9-4-5-9/h8-9H,4-7H2,1-3H3. The maximum atomic E-state index is 11.7. The van der Waals surface area contributed by atoms with Gasteiger partial charge in [0, 0.05) is 29.6 Å². The van der Waals surface area contributed by atoms with Crippen LogP contribution in [0.15, 0.2) is 0 Å². The first kappa shape index (κ1) is 14.2. The lowest BCUT2D eigenvalue weighted by Crippen LogP contribution is -2.34. The van der Waals surface area contributed by atoms with Crippen LogP contribution in [0.3, 0.4) is 0 Å². The zero-order valence-electron chi connectivity index (χ0n) is 10.5. The Bertz CT molecular complexity index is 327. The van der Waals surface area contributed by atoms with Crippen molar-refractivity contribution in [2.45, 2.75) is 25.8 Å². The molecule has 1 fully saturated rings. The first-order chi connectivity index (χ1) is 7.95. The predicted octanol–water partition coefficient (Wildman–Crippen LogP) is 0.165. The third-order valence-electron chi connectivity index (χ3n) is 2.81. The topological polar surface area (TPSA) is 63.7 Å². The van der Waals surface area contributed by atoms with Gasteiger partial charge in [-0.05, 0) is 12.8 Å². The highest BCUT2D eigenvalue weighted by molar-refractivity contribution is 7.85. The van der Waals surface area contributed by atoms with Gasteiger partial charge in [-0.1, -0.05) is 6.92 Å². The average molecular weight is 261 g/mol. The van der Waals surface area contributed by atoms with Gasteiger partial charge < -0.3 is 9.64 Å². The van der Waals surface area contributed by atoms with Gasteiger partial charge in [0.05, 0.1) is 13.0 Å². The van der Waals surface area contributed by atoms with E-state index >= 15 is 0 Å². The molecule has 0 heterocycles. The number of esters is 1. The molecule has 6 heteroatoms. The van der Waals surface area contributed by atoms with Crippen LogP contribution in [0.4, 0.5) is 0 Å². The molecular weight excluding hydrogens is 242 g/mol. The zero-order valence-corrected chi connectivity index (χ0v) is 11.3. The summed E-state index contributed by atoms with van der Waals surface area (Å²) in [6.45, 7) is 1.65. The van der Waals surface area contributed by atoms with Crippen LogP contribution < -0.4 is 0 Å². The number of amides is 1. The van der Waals surface area contributed by atoms with Crippen LogP contribution in [-0.4, -0.2) is 52.7 Å². The number of methoxy groups -OCH3 is 1. The molecule has 0 aromatic carbocycles. The molecule has 0 aromatic rings. The second kappa shape index (κ2) is 6.14. The maximum absolute atomic E-state index is 11.7. The molecule has 0 radical (unpaired) electrons. The quantitative estimate of drug-likeness (QED) is 0.639. The highest BCUT2D eigenvalue weighted by Gasteiger charge is 2.30. The van der Waals surface area contributed by atoms with E-state index in [0.29, 0.717) is 6.04 Å². The molecule has 98 valence electrons. The Morgan fingerprint density at radius 1 is 1.47 bits per heavy atom. The van der Waals surface area contributed by atoms with Gasteiger partial charge in [0.2, 0.25) is 5.91 Å². The molecule has 1 amide bonds. The van der Waals surface area contributed by atoms with Crippen LogP contribution in [0.5, 0.6) is 0 Å². The molecular formula is C11H19NO4S. The fourth-order valence-electron chi connectivity index (χ4n) is 1.51. The van der Waals surface area contributed by atoms with E-state index in [2.05, 4.69) is 4.74 Å². The van der Waals surface area contributed by atoms with Crippen molar-refractivity contribution in [1.29, 1.82) is 0 Å². The smallest absolute Gasteiger partial charge is 0.309 e. The lowest BCUT2D eigenvalue weighted by Gasteiger charge is -2.16. The summed E-state index contributed by atoms with van der Waals surface area (Å²) in [7, 11) is 1.73. The number of nitrogens with zero attached hydrogens (tertiary/aromatic N) is 1. The monoisotopic (exact) mass is 261 g/mol. The van der Waals surface area contributed by atoms with Crippen molar-refractivity contribution in [2.24, 2.45) is 5.92 Å². The van der Waals surface area contributed by atoms with Crippen LogP contribution in [-0.2, 0) is 25.1 Å². The molecule has 17 heavy (non-hydrogen) atoms. The number of carbonyl (C=O) groups is 2. The summed E-state index contributed by atoms with van der Waals surface area (Å²) >= 11 is 0. The van der Waals surface area contributed by atoms with Gasteiger partial charge in [-0.15, -0.1) is 0 Å². The highest BCUT2D eigenvalue weighted by atomic mass is 32.2. The number of ether oxygens (including phenoxy) is 1. The van der Waals surface area contributed by atoms with Crippen molar-refractivity contribution in [2.75, 3.05) is 25.7 Å². The lowest BCUT2D eigenvalue weighted by atomic mass is 10.2. The highest BCUT2D eigenvalue weighted by Crippen LogP contribution is 2.25. The molecule has 0 N–H and O–H groups in total. The minimum absolute atomic E-state index is 0.00562. The Balaban J connectivity index is 2.33. The summed E-state index contributed by atoms with van der Waals surface area (Å²) in [4.78, 5) is 24.5. The van der Waals surface area contributed by atoms with Gasteiger partial charge in [-0.25, -0.2) is 0 Å². The van der Waals surface area contributed by atoms with E-state index in [1.807, 2.05) is 0 Å². The molecule has 0 bridgehead atoms. The second-order valence-electron chi connectivity index (χ2n) is 4.41. The summed E-state index contributed by atoms with van der Waals surface area (Å²) in [6, 6.07) is 0.331. The van der Waals surface area contributed by atoms with Crippen LogP contribution in [0.2, 0.25) is 0 Å². The van der Waals surface area contributed by atoms with Crippen LogP contribution in [0, 0.1) is 5.92 Å². The Morgan fingerprint density at radius 2 is 2.06 bits per heavy atom. The predicted molar refractivity (Wildman–Crippen MR) is 64.8 cm³/mol. The Morgan fingerprint density at radius 3 is 2.53 bits per heavy atom. The van der Waals surface area contributed by atoms with Gasteiger partial charge >= 0.3 is 5.97 Å². The van der Waals surface area contributed by atoms with Crippen molar-refractivity contribution < 1.29 is 18.5 Å². The molecule has 0 aliphatic heterocycles. The van der Waals surface area contributed by atoms with Crippen molar-refractivity contribution >= 4 is 22.7 Å². The molecule has 1 aliphatic rings. The van der Waals surface area contributed by atoms with E-state index in [1.54, 1.807) is 18.9 Å². The van der Waals surface area contributed by atoms with Crippen LogP contribution in [0.1, 0.15) is 19.8 Å². The van der Waals surface area contributed by atoms with E-state index in [4.69, 9.17) is 0 Å². The normalized spacial score (nSPS) is 18.3. The SMILES string of the molecule is COC(=O)C(C)CS(=O)CC(=O)N(C)C1CC1. The summed E-state index contributed by atoms with van der Waals surface area (Å²) < 4.78 is 16.2. The maximum Gasteiger partial charge on any atom is 0.309 e. The van der Waals surface area contributed by atoms with E-state index in [9.17, 15) is 13.8 Å². The third kappa shape index (κ3) is 4.46. The van der Waals surface area contributed by atoms with Gasteiger partial charge in [0.25, 0.3) is 0 Å². The van der Waals surface area contributed by atoms with Crippen molar-refractivity contribution in [3.05, 3.63) is 0 Å². The van der Waals surface area contributed by atoms with Crippen molar-refractivity contribution in [3.63, 3.8) is 0 Å². The van der Waals surface area contributed by atoms with Crippen LogP contribution >= 0.6 is 0 Å². The van der Waals surface area contributed by atoms with Crippen LogP contribution in [0.25, 0.3) is 0 Å². The number of rotatable bonds is 6. The number of carbonyl (C=O) groups excluding carboxylic acids is 2. The molecule has 0 aromatic heterocycles. The Hall–Kier alpha value is -0.910. The molecule has 2 atom stereocenters. The minimum atomic E-state index is -1.30. The minimum Gasteiger partial charge on any atom is -0.469 e. The fraction of sp³-hybridized carbons (Fsp3) is 0.818. The first-order valence-corrected chi connectivity index (χ1v) is 7.13. The number of hydrogen-bond acceptors (Lipinski definition) is 4. The molecule has 0 spiro atoms. The molecule has 5 nitrogen and oxygen atoms in total. The first-order valence-electron chi connectivity index (χ1n) is 5.64. The van der Waals surface area contributed by atoms with E-state index in [0.717, 1.165) is 12.8 Å². The second-order valence-corrected chi connectivity index (χ2v) is 5.91. The van der Waals surface area contributed by atoms with Crippen molar-refractivity contribution in [1.82, 2.24) is 4.90 Å². The zero-order chi connectivity index (χ0) is 13.0. The lowest BCUT2D eigenvalue weighted by molar-refractivity contribution is -0.144. The van der Waals surface area contributed by atoms with Crippen molar-refractivity contribution in [3.8, 4) is 0 Å². The Kier molecular flexibility index (Phi) is 5.11. The summed E-state index contributed by atoms with van der Waals surface area (Å²) in [5.41, 5.74) is 0. The van der Waals surface area contributed by atoms with E-state index in [-0.39, 0.29) is 23.4 Å². The van der Waals surface area contributed by atoms with Gasteiger partial charge in [0.15, 0.2) is 0 Å². The average Bonchev–Trinajstić information content (AvgIpc) is 3.10. The van der Waals surface area contributed by atoms with Gasteiger partial charge in [-0.3, -0.25) is 13.8 Å². The number of hydrogen-bond donors (Lipinski definition) is 0. The summed E-state index contributed by atoms with van der Waals surface area (Å²) in [5.74, 6) is -0.755. The largest absolute Gasteiger partial charge is 0.469 e. The summed E-state index contributed by atoms with van der Waals surface area (Å²) in [5, 5.41) is 0. The molecule has 1 saturated carbocycles. The summed E-state index contributed by atoms with van der Waals surface area (Å²) in [6.07, 6.45) is 2.07. The van der Waals surface area contributed by atoms with E-state index < -0.39 is 16.7 Å². The third-order valence-corrected chi connectivity index (χ3v) is 4.25. The van der Waals surface area contributed by atoms with Gasteiger partial charge in [-0.2, -0.15) is 0 Å². The molecule has 1 rings (SSSR count). The molecule has 0 saturated heterocycles. The van der Waals surface area contributed by atoms with E-state index in [1.165, 1.54) is 7.11 Å². The van der Waals surface area contributed by atoms with Gasteiger partial charge in [0.1, 0.15) is 5.75 Å².